The second kappa shape index (κ2) is 12.7. The van der Waals surface area contributed by atoms with Gasteiger partial charge in [-0.25, -0.2) is 8.78 Å². The number of amides is 1. The molecule has 4 rings (SSSR count). The molecule has 1 amide bonds. The summed E-state index contributed by atoms with van der Waals surface area (Å²) in [7, 11) is 0. The fourth-order valence-corrected chi connectivity index (χ4v) is 4.58. The van der Waals surface area contributed by atoms with Gasteiger partial charge in [0.05, 0.1) is 17.9 Å². The highest BCUT2D eigenvalue weighted by molar-refractivity contribution is 7.99. The van der Waals surface area contributed by atoms with Crippen LogP contribution in [0.2, 0.25) is 0 Å². The van der Waals surface area contributed by atoms with E-state index >= 15 is 0 Å². The van der Waals surface area contributed by atoms with Gasteiger partial charge in [0, 0.05) is 19.2 Å². The van der Waals surface area contributed by atoms with Crippen molar-refractivity contribution in [3.8, 4) is 0 Å². The van der Waals surface area contributed by atoms with Crippen molar-refractivity contribution in [2.75, 3.05) is 12.3 Å². The molecule has 2 atom stereocenters. The first-order valence-electron chi connectivity index (χ1n) is 11.9. The van der Waals surface area contributed by atoms with E-state index in [-0.39, 0.29) is 24.6 Å². The van der Waals surface area contributed by atoms with E-state index in [1.54, 1.807) is 12.1 Å². The van der Waals surface area contributed by atoms with Crippen LogP contribution in [0.4, 0.5) is 8.78 Å². The average molecular weight is 527 g/mol. The Balaban J connectivity index is 1.38. The third-order valence-electron chi connectivity index (χ3n) is 5.76. The zero-order chi connectivity index (χ0) is 26.2. The van der Waals surface area contributed by atoms with E-state index in [2.05, 4.69) is 45.0 Å². The van der Waals surface area contributed by atoms with Crippen LogP contribution in [0.5, 0.6) is 0 Å². The summed E-state index contributed by atoms with van der Waals surface area (Å²) < 4.78 is 29.0. The molecule has 0 spiro atoms. The Morgan fingerprint density at radius 1 is 1.08 bits per heavy atom. The van der Waals surface area contributed by atoms with Crippen LogP contribution in [-0.4, -0.2) is 55.3 Å². The van der Waals surface area contributed by atoms with E-state index in [9.17, 15) is 18.7 Å². The maximum absolute atomic E-state index is 13.8. The van der Waals surface area contributed by atoms with E-state index < -0.39 is 23.8 Å². The normalized spacial score (nSPS) is 13.0. The second-order valence-electron chi connectivity index (χ2n) is 8.62. The van der Waals surface area contributed by atoms with E-state index in [1.807, 2.05) is 12.1 Å². The summed E-state index contributed by atoms with van der Waals surface area (Å²) >= 11 is 1.21. The number of rotatable bonds is 12. The lowest BCUT2D eigenvalue weighted by Crippen LogP contribution is -2.49. The van der Waals surface area contributed by atoms with Crippen LogP contribution in [0.3, 0.4) is 0 Å². The molecule has 0 unspecified atom stereocenters. The van der Waals surface area contributed by atoms with Gasteiger partial charge < -0.3 is 15.7 Å². The quantitative estimate of drug-likeness (QED) is 0.244. The van der Waals surface area contributed by atoms with Crippen molar-refractivity contribution in [2.45, 2.75) is 43.5 Å². The molecular weight excluding hydrogens is 498 g/mol. The third-order valence-corrected chi connectivity index (χ3v) is 6.68. The molecule has 2 heterocycles. The highest BCUT2D eigenvalue weighted by Gasteiger charge is 2.22. The van der Waals surface area contributed by atoms with Gasteiger partial charge >= 0.3 is 0 Å². The number of halogens is 2. The van der Waals surface area contributed by atoms with E-state index in [0.29, 0.717) is 22.8 Å². The summed E-state index contributed by atoms with van der Waals surface area (Å²) in [6, 6.07) is 14.0. The van der Waals surface area contributed by atoms with Crippen LogP contribution < -0.4 is 10.6 Å². The first-order chi connectivity index (χ1) is 17.9. The molecule has 0 bridgehead atoms. The van der Waals surface area contributed by atoms with Crippen molar-refractivity contribution in [3.05, 3.63) is 89.2 Å². The van der Waals surface area contributed by atoms with E-state index in [1.165, 1.54) is 40.3 Å². The van der Waals surface area contributed by atoms with Gasteiger partial charge in [-0.2, -0.15) is 9.61 Å². The van der Waals surface area contributed by atoms with E-state index in [0.717, 1.165) is 18.1 Å². The van der Waals surface area contributed by atoms with E-state index in [4.69, 9.17) is 0 Å². The van der Waals surface area contributed by atoms with Gasteiger partial charge in [0.15, 0.2) is 5.65 Å². The first kappa shape index (κ1) is 26.6. The number of nitrogens with one attached hydrogen (secondary N) is 2. The smallest absolute Gasteiger partial charge is 0.230 e. The molecule has 0 saturated heterocycles. The molecule has 0 aliphatic rings. The minimum Gasteiger partial charge on any atom is -0.390 e. The summed E-state index contributed by atoms with van der Waals surface area (Å²) in [5.41, 5.74) is 3.22. The summed E-state index contributed by atoms with van der Waals surface area (Å²) in [4.78, 5) is 12.8. The lowest BCUT2D eigenvalue weighted by molar-refractivity contribution is -0.120. The van der Waals surface area contributed by atoms with Crippen LogP contribution in [-0.2, 0) is 24.2 Å². The number of benzene rings is 2. The van der Waals surface area contributed by atoms with Gasteiger partial charge in [0.2, 0.25) is 5.91 Å². The molecule has 0 aliphatic carbocycles. The Morgan fingerprint density at radius 3 is 2.65 bits per heavy atom. The van der Waals surface area contributed by atoms with Crippen molar-refractivity contribution in [2.24, 2.45) is 0 Å². The Kier molecular flexibility index (Phi) is 9.15. The molecule has 0 saturated carbocycles. The number of hydrogen-bond acceptors (Lipinski definition) is 7. The lowest BCUT2D eigenvalue weighted by atomic mass is 10.0. The van der Waals surface area contributed by atoms with Crippen LogP contribution in [0, 0.1) is 11.6 Å². The summed E-state index contributed by atoms with van der Waals surface area (Å²) in [6.07, 6.45) is 1.45. The first-order valence-corrected chi connectivity index (χ1v) is 12.9. The van der Waals surface area contributed by atoms with Crippen LogP contribution in [0.15, 0.2) is 66.0 Å². The average Bonchev–Trinajstić information content (AvgIpc) is 3.34. The number of hydrogen-bond donors (Lipinski definition) is 3. The van der Waals surface area contributed by atoms with Crippen LogP contribution >= 0.6 is 11.8 Å². The zero-order valence-electron chi connectivity index (χ0n) is 20.3. The number of carbonyl (C=O) groups is 1. The fraction of sp³-hybridized carbons (Fsp3) is 0.308. The molecule has 11 heteroatoms. The number of thioether (sulfide) groups is 1. The van der Waals surface area contributed by atoms with Gasteiger partial charge in [-0.15, -0.1) is 10.2 Å². The Morgan fingerprint density at radius 2 is 1.86 bits per heavy atom. The topological polar surface area (TPSA) is 104 Å². The zero-order valence-corrected chi connectivity index (χ0v) is 21.1. The number of aromatic nitrogens is 4. The minimum absolute atomic E-state index is 0.0403. The van der Waals surface area contributed by atoms with Crippen molar-refractivity contribution in [3.63, 3.8) is 0 Å². The van der Waals surface area contributed by atoms with Gasteiger partial charge in [-0.3, -0.25) is 4.79 Å². The molecule has 2 aromatic heterocycles. The highest BCUT2D eigenvalue weighted by Crippen LogP contribution is 2.16. The van der Waals surface area contributed by atoms with Gasteiger partial charge in [-0.1, -0.05) is 43.0 Å². The molecule has 194 valence electrons. The van der Waals surface area contributed by atoms with Gasteiger partial charge in [-0.05, 0) is 53.8 Å². The van der Waals surface area contributed by atoms with Crippen molar-refractivity contribution < 1.29 is 18.7 Å². The number of aliphatic hydroxyl groups is 1. The SMILES string of the molecule is CCc1cccc(CNC[C@@H](O)[C@H](Cc2cc(F)cc(F)c2)NC(=O)CSc2ccc3nncn3n2)c1. The summed E-state index contributed by atoms with van der Waals surface area (Å²) in [5, 5.41) is 29.5. The second-order valence-corrected chi connectivity index (χ2v) is 9.62. The largest absolute Gasteiger partial charge is 0.390 e. The Labute approximate surface area is 217 Å². The number of aryl methyl sites for hydroxylation is 1. The molecule has 37 heavy (non-hydrogen) atoms. The maximum atomic E-state index is 13.8. The Bertz CT molecular complexity index is 1330. The number of nitrogens with zero attached hydrogens (tertiary/aromatic N) is 4. The predicted molar refractivity (Wildman–Crippen MR) is 137 cm³/mol. The predicted octanol–water partition coefficient (Wildman–Crippen LogP) is 2.94. The molecule has 8 nitrogen and oxygen atoms in total. The van der Waals surface area contributed by atoms with Crippen molar-refractivity contribution >= 4 is 23.3 Å². The molecular formula is C26H28F2N6O2S. The third kappa shape index (κ3) is 7.78. The molecule has 4 aromatic rings. The standard InChI is InChI=1S/C26H28F2N6O2S/c1-2-17-4-3-5-18(8-17)13-29-14-23(35)22(11-19-9-20(27)12-21(28)10-19)31-25(36)15-37-26-7-6-24-32-30-16-34(24)33-26/h3-10,12,16,22-23,29,35H,2,11,13-15H2,1H3,(H,31,36)/t22-,23+/m0/s1. The molecule has 0 fully saturated rings. The Hall–Kier alpha value is -3.41. The summed E-state index contributed by atoms with van der Waals surface area (Å²) in [6.45, 7) is 2.80. The monoisotopic (exact) mass is 526 g/mol. The number of fused-ring (bicyclic) bond motifs is 1. The fourth-order valence-electron chi connectivity index (χ4n) is 3.91. The lowest BCUT2D eigenvalue weighted by Gasteiger charge is -2.25. The molecule has 0 radical (unpaired) electrons. The van der Waals surface area contributed by atoms with Crippen LogP contribution in [0.25, 0.3) is 5.65 Å². The van der Waals surface area contributed by atoms with Crippen LogP contribution in [0.1, 0.15) is 23.6 Å². The molecule has 3 N–H and O–H groups in total. The van der Waals surface area contributed by atoms with Gasteiger partial charge in [0.25, 0.3) is 0 Å². The highest BCUT2D eigenvalue weighted by atomic mass is 32.2. The van der Waals surface area contributed by atoms with Crippen molar-refractivity contribution in [1.82, 2.24) is 30.4 Å². The molecule has 0 aliphatic heterocycles. The maximum Gasteiger partial charge on any atom is 0.230 e. The number of aliphatic hydroxyl groups excluding tert-OH is 1. The minimum atomic E-state index is -0.999. The van der Waals surface area contributed by atoms with Gasteiger partial charge in [0.1, 0.15) is 23.0 Å². The van der Waals surface area contributed by atoms with Crippen molar-refractivity contribution in [1.29, 1.82) is 0 Å². The number of carbonyl (C=O) groups excluding carboxylic acids is 1. The summed E-state index contributed by atoms with van der Waals surface area (Å²) in [5.74, 6) is -1.73. The molecule has 2 aromatic carbocycles.